The maximum Gasteiger partial charge on any atom is 0.0589 e. The van der Waals surface area contributed by atoms with E-state index in [1.807, 2.05) is 19.2 Å². The summed E-state index contributed by atoms with van der Waals surface area (Å²) >= 11 is 5.75. The fourth-order valence-electron chi connectivity index (χ4n) is 1.52. The molecule has 70 valence electrons. The Morgan fingerprint density at radius 3 is 2.77 bits per heavy atom. The largest absolute Gasteiger partial charge is 0.314 e. The first-order valence-corrected chi connectivity index (χ1v) is 4.91. The molecule has 1 aromatic rings. The zero-order valence-corrected chi connectivity index (χ0v) is 8.43. The summed E-state index contributed by atoms with van der Waals surface area (Å²) in [6.07, 6.45) is 5.24. The molecule has 0 aliphatic heterocycles. The summed E-state index contributed by atoms with van der Waals surface area (Å²) in [5, 5.41) is 4.05. The maximum atomic E-state index is 5.75. The van der Waals surface area contributed by atoms with Crippen molar-refractivity contribution in [3.8, 4) is 0 Å². The van der Waals surface area contributed by atoms with Gasteiger partial charge in [-0.15, -0.1) is 0 Å². The summed E-state index contributed by atoms with van der Waals surface area (Å²) in [7, 11) is 2.02. The second kappa shape index (κ2) is 3.28. The van der Waals surface area contributed by atoms with Gasteiger partial charge in [0.25, 0.3) is 0 Å². The second-order valence-electron chi connectivity index (χ2n) is 3.67. The van der Waals surface area contributed by atoms with Crippen LogP contribution in [0, 0.1) is 0 Å². The zero-order chi connectivity index (χ0) is 9.31. The van der Waals surface area contributed by atoms with Crippen LogP contribution in [0.15, 0.2) is 18.3 Å². The summed E-state index contributed by atoms with van der Waals surface area (Å²) in [5.74, 6) is 0. The van der Waals surface area contributed by atoms with Gasteiger partial charge in [0, 0.05) is 23.9 Å². The highest BCUT2D eigenvalue weighted by Gasteiger charge is 2.41. The Kier molecular flexibility index (Phi) is 2.26. The Hall–Kier alpha value is -0.600. The SMILES string of the molecule is CNC1(Cc2ccc(Cl)cn2)CC1. The van der Waals surface area contributed by atoms with E-state index in [1.54, 1.807) is 6.20 Å². The fraction of sp³-hybridized carbons (Fsp3) is 0.500. The van der Waals surface area contributed by atoms with E-state index in [2.05, 4.69) is 10.3 Å². The predicted octanol–water partition coefficient (Wildman–Crippen LogP) is 2.03. The van der Waals surface area contributed by atoms with Gasteiger partial charge in [-0.1, -0.05) is 11.6 Å². The van der Waals surface area contributed by atoms with Gasteiger partial charge in [-0.3, -0.25) is 4.98 Å². The number of aromatic nitrogens is 1. The standard InChI is InChI=1S/C10H13ClN2/c1-12-10(4-5-10)6-9-3-2-8(11)7-13-9/h2-3,7,12H,4-6H2,1H3. The van der Waals surface area contributed by atoms with Crippen LogP contribution in [0.5, 0.6) is 0 Å². The van der Waals surface area contributed by atoms with Crippen molar-refractivity contribution in [1.29, 1.82) is 0 Å². The highest BCUT2D eigenvalue weighted by atomic mass is 35.5. The molecule has 1 aromatic heterocycles. The van der Waals surface area contributed by atoms with E-state index in [4.69, 9.17) is 11.6 Å². The van der Waals surface area contributed by atoms with E-state index >= 15 is 0 Å². The molecule has 1 aliphatic rings. The van der Waals surface area contributed by atoms with Crippen molar-refractivity contribution in [3.05, 3.63) is 29.0 Å². The summed E-state index contributed by atoms with van der Waals surface area (Å²) in [6.45, 7) is 0. The van der Waals surface area contributed by atoms with Crippen LogP contribution in [-0.4, -0.2) is 17.6 Å². The van der Waals surface area contributed by atoms with Crippen LogP contribution in [0.3, 0.4) is 0 Å². The van der Waals surface area contributed by atoms with E-state index < -0.39 is 0 Å². The molecule has 2 rings (SSSR count). The molecule has 2 nitrogen and oxygen atoms in total. The van der Waals surface area contributed by atoms with E-state index in [1.165, 1.54) is 12.8 Å². The number of rotatable bonds is 3. The van der Waals surface area contributed by atoms with Crippen LogP contribution in [0.4, 0.5) is 0 Å². The number of likely N-dealkylation sites (N-methyl/N-ethyl adjacent to an activating group) is 1. The molecule has 1 N–H and O–H groups in total. The first-order valence-electron chi connectivity index (χ1n) is 4.53. The summed E-state index contributed by atoms with van der Waals surface area (Å²) in [4.78, 5) is 4.28. The molecule has 1 aliphatic carbocycles. The minimum absolute atomic E-state index is 0.334. The third-order valence-electron chi connectivity index (χ3n) is 2.69. The third-order valence-corrected chi connectivity index (χ3v) is 2.92. The van der Waals surface area contributed by atoms with Crippen molar-refractivity contribution in [1.82, 2.24) is 10.3 Å². The summed E-state index contributed by atoms with van der Waals surface area (Å²) < 4.78 is 0. The van der Waals surface area contributed by atoms with E-state index in [0.717, 1.165) is 12.1 Å². The van der Waals surface area contributed by atoms with Crippen LogP contribution in [0.25, 0.3) is 0 Å². The van der Waals surface area contributed by atoms with Gasteiger partial charge >= 0.3 is 0 Å². The van der Waals surface area contributed by atoms with Crippen molar-refractivity contribution in [2.24, 2.45) is 0 Å². The molecular weight excluding hydrogens is 184 g/mol. The average Bonchev–Trinajstić information content (AvgIpc) is 2.90. The maximum absolute atomic E-state index is 5.75. The Labute approximate surface area is 83.3 Å². The van der Waals surface area contributed by atoms with E-state index in [0.29, 0.717) is 10.6 Å². The molecule has 0 aromatic carbocycles. The average molecular weight is 197 g/mol. The molecule has 0 unspecified atom stereocenters. The van der Waals surface area contributed by atoms with Crippen LogP contribution in [-0.2, 0) is 6.42 Å². The Balaban J connectivity index is 2.06. The van der Waals surface area contributed by atoms with Crippen LogP contribution in [0.1, 0.15) is 18.5 Å². The molecule has 0 atom stereocenters. The molecule has 1 fully saturated rings. The number of nitrogens with zero attached hydrogens (tertiary/aromatic N) is 1. The molecule has 0 amide bonds. The lowest BCUT2D eigenvalue weighted by molar-refractivity contribution is 0.542. The highest BCUT2D eigenvalue weighted by Crippen LogP contribution is 2.37. The van der Waals surface area contributed by atoms with Crippen molar-refractivity contribution in [2.45, 2.75) is 24.8 Å². The van der Waals surface area contributed by atoms with E-state index in [-0.39, 0.29) is 0 Å². The quantitative estimate of drug-likeness (QED) is 0.801. The summed E-state index contributed by atoms with van der Waals surface area (Å²) in [6, 6.07) is 3.90. The van der Waals surface area contributed by atoms with Crippen molar-refractivity contribution in [3.63, 3.8) is 0 Å². The van der Waals surface area contributed by atoms with Gasteiger partial charge in [0.05, 0.1) is 5.02 Å². The Morgan fingerprint density at radius 1 is 1.54 bits per heavy atom. The molecule has 3 heteroatoms. The first kappa shape index (κ1) is 8.97. The third kappa shape index (κ3) is 2.01. The van der Waals surface area contributed by atoms with Gasteiger partial charge in [-0.25, -0.2) is 0 Å². The Bertz CT molecular complexity index is 290. The van der Waals surface area contributed by atoms with Gasteiger partial charge in [0.15, 0.2) is 0 Å². The number of nitrogens with one attached hydrogen (secondary N) is 1. The van der Waals surface area contributed by atoms with Crippen molar-refractivity contribution < 1.29 is 0 Å². The lowest BCUT2D eigenvalue weighted by Gasteiger charge is -2.12. The smallest absolute Gasteiger partial charge is 0.0589 e. The van der Waals surface area contributed by atoms with Gasteiger partial charge in [0.1, 0.15) is 0 Å². The Morgan fingerprint density at radius 2 is 2.31 bits per heavy atom. The first-order chi connectivity index (χ1) is 6.24. The normalized spacial score (nSPS) is 18.6. The molecule has 0 bridgehead atoms. The molecule has 13 heavy (non-hydrogen) atoms. The van der Waals surface area contributed by atoms with Gasteiger partial charge < -0.3 is 5.32 Å². The lowest BCUT2D eigenvalue weighted by atomic mass is 10.1. The van der Waals surface area contributed by atoms with Crippen molar-refractivity contribution in [2.75, 3.05) is 7.05 Å². The van der Waals surface area contributed by atoms with Gasteiger partial charge in [-0.2, -0.15) is 0 Å². The zero-order valence-electron chi connectivity index (χ0n) is 7.68. The van der Waals surface area contributed by atoms with Gasteiger partial charge in [0.2, 0.25) is 0 Å². The molecule has 0 spiro atoms. The molecular formula is C10H13ClN2. The minimum Gasteiger partial charge on any atom is -0.314 e. The molecule has 1 heterocycles. The number of hydrogen-bond donors (Lipinski definition) is 1. The van der Waals surface area contributed by atoms with E-state index in [9.17, 15) is 0 Å². The molecule has 1 saturated carbocycles. The van der Waals surface area contributed by atoms with Crippen LogP contribution < -0.4 is 5.32 Å². The van der Waals surface area contributed by atoms with Crippen molar-refractivity contribution >= 4 is 11.6 Å². The fourth-order valence-corrected chi connectivity index (χ4v) is 1.64. The topological polar surface area (TPSA) is 24.9 Å². The molecule has 0 radical (unpaired) electrons. The number of hydrogen-bond acceptors (Lipinski definition) is 2. The van der Waals surface area contributed by atoms with Crippen LogP contribution >= 0.6 is 11.6 Å². The minimum atomic E-state index is 0.334. The van der Waals surface area contributed by atoms with Gasteiger partial charge in [-0.05, 0) is 32.0 Å². The summed E-state index contributed by atoms with van der Waals surface area (Å²) in [5.41, 5.74) is 1.46. The molecule has 0 saturated heterocycles. The number of pyridine rings is 1. The highest BCUT2D eigenvalue weighted by molar-refractivity contribution is 6.30. The predicted molar refractivity (Wildman–Crippen MR) is 54.0 cm³/mol. The van der Waals surface area contributed by atoms with Crippen LogP contribution in [0.2, 0.25) is 5.02 Å². The lowest BCUT2D eigenvalue weighted by Crippen LogP contribution is -2.29. The monoisotopic (exact) mass is 196 g/mol. The number of halogens is 1. The second-order valence-corrected chi connectivity index (χ2v) is 4.11.